The molecule has 0 spiro atoms. The molecule has 1 saturated carbocycles. The smallest absolute Gasteiger partial charge is 0.129 e. The summed E-state index contributed by atoms with van der Waals surface area (Å²) in [6.07, 6.45) is 6.13. The SMILES string of the molecule is O=S(c1ccc(Br)cc1)N(CN1CCOCC1)C1CCCCC1. The van der Waals surface area contributed by atoms with Gasteiger partial charge in [-0.15, -0.1) is 0 Å². The highest BCUT2D eigenvalue weighted by molar-refractivity contribution is 9.10. The van der Waals surface area contributed by atoms with Gasteiger partial charge in [0, 0.05) is 23.6 Å². The van der Waals surface area contributed by atoms with Crippen LogP contribution < -0.4 is 0 Å². The number of morpholine rings is 1. The molecule has 2 aliphatic rings. The number of hydrogen-bond acceptors (Lipinski definition) is 3. The molecule has 0 bridgehead atoms. The van der Waals surface area contributed by atoms with E-state index in [1.54, 1.807) is 0 Å². The van der Waals surface area contributed by atoms with Crippen molar-refractivity contribution >= 4 is 26.9 Å². The van der Waals surface area contributed by atoms with E-state index in [1.165, 1.54) is 19.3 Å². The van der Waals surface area contributed by atoms with Crippen LogP contribution in [-0.2, 0) is 15.7 Å². The number of nitrogens with zero attached hydrogens (tertiary/aromatic N) is 2. The van der Waals surface area contributed by atoms with E-state index in [0.29, 0.717) is 6.04 Å². The van der Waals surface area contributed by atoms with Crippen molar-refractivity contribution in [1.82, 2.24) is 9.21 Å². The van der Waals surface area contributed by atoms with E-state index in [0.717, 1.165) is 55.2 Å². The molecule has 1 aromatic rings. The summed E-state index contributed by atoms with van der Waals surface area (Å²) in [5, 5.41) is 0. The van der Waals surface area contributed by atoms with Crippen molar-refractivity contribution in [3.63, 3.8) is 0 Å². The first kappa shape index (κ1) is 17.5. The summed E-state index contributed by atoms with van der Waals surface area (Å²) in [5.41, 5.74) is 0. The van der Waals surface area contributed by atoms with Crippen LogP contribution in [0.1, 0.15) is 32.1 Å². The first-order chi connectivity index (χ1) is 11.2. The maximum absolute atomic E-state index is 13.2. The molecule has 1 aromatic carbocycles. The van der Waals surface area contributed by atoms with Gasteiger partial charge in [0.05, 0.1) is 24.8 Å². The van der Waals surface area contributed by atoms with E-state index in [4.69, 9.17) is 4.74 Å². The second-order valence-corrected chi connectivity index (χ2v) is 8.64. The van der Waals surface area contributed by atoms with Gasteiger partial charge >= 0.3 is 0 Å². The third-order valence-electron chi connectivity index (χ3n) is 4.65. The molecular formula is C17H25BrN2O2S. The molecular weight excluding hydrogens is 376 g/mol. The van der Waals surface area contributed by atoms with Crippen molar-refractivity contribution in [1.29, 1.82) is 0 Å². The predicted molar refractivity (Wildman–Crippen MR) is 96.5 cm³/mol. The molecule has 1 heterocycles. The molecule has 4 nitrogen and oxygen atoms in total. The molecule has 1 unspecified atom stereocenters. The van der Waals surface area contributed by atoms with Gasteiger partial charge in [0.2, 0.25) is 0 Å². The monoisotopic (exact) mass is 400 g/mol. The second kappa shape index (κ2) is 8.72. The molecule has 1 saturated heterocycles. The average molecular weight is 401 g/mol. The van der Waals surface area contributed by atoms with Crippen LogP contribution in [0, 0.1) is 0 Å². The zero-order valence-electron chi connectivity index (χ0n) is 13.5. The van der Waals surface area contributed by atoms with Gasteiger partial charge in [-0.1, -0.05) is 35.2 Å². The minimum Gasteiger partial charge on any atom is -0.379 e. The number of hydrogen-bond donors (Lipinski definition) is 0. The quantitative estimate of drug-likeness (QED) is 0.758. The predicted octanol–water partition coefficient (Wildman–Crippen LogP) is 3.40. The van der Waals surface area contributed by atoms with Crippen molar-refractivity contribution in [2.24, 2.45) is 0 Å². The van der Waals surface area contributed by atoms with E-state index in [9.17, 15) is 4.21 Å². The maximum atomic E-state index is 13.2. The summed E-state index contributed by atoms with van der Waals surface area (Å²) >= 11 is 3.45. The topological polar surface area (TPSA) is 32.8 Å². The van der Waals surface area contributed by atoms with Gasteiger partial charge in [-0.25, -0.2) is 8.51 Å². The summed E-state index contributed by atoms with van der Waals surface area (Å²) in [6.45, 7) is 4.20. The van der Waals surface area contributed by atoms with E-state index in [2.05, 4.69) is 25.1 Å². The van der Waals surface area contributed by atoms with E-state index in [1.807, 2.05) is 24.3 Å². The van der Waals surface area contributed by atoms with Crippen LogP contribution >= 0.6 is 15.9 Å². The Morgan fingerprint density at radius 3 is 2.43 bits per heavy atom. The molecule has 1 atom stereocenters. The number of rotatable bonds is 5. The molecule has 0 amide bonds. The van der Waals surface area contributed by atoms with Crippen LogP contribution in [0.3, 0.4) is 0 Å². The van der Waals surface area contributed by atoms with Gasteiger partial charge < -0.3 is 4.74 Å². The number of halogens is 1. The highest BCUT2D eigenvalue weighted by Crippen LogP contribution is 2.27. The third kappa shape index (κ3) is 4.86. The van der Waals surface area contributed by atoms with E-state index < -0.39 is 11.0 Å². The van der Waals surface area contributed by atoms with Gasteiger partial charge in [-0.2, -0.15) is 0 Å². The molecule has 0 radical (unpaired) electrons. The highest BCUT2D eigenvalue weighted by Gasteiger charge is 2.28. The first-order valence-electron chi connectivity index (χ1n) is 8.48. The van der Waals surface area contributed by atoms with Gasteiger partial charge in [0.25, 0.3) is 0 Å². The fourth-order valence-electron chi connectivity index (χ4n) is 3.30. The van der Waals surface area contributed by atoms with Gasteiger partial charge in [-0.3, -0.25) is 4.90 Å². The summed E-state index contributed by atoms with van der Waals surface area (Å²) in [7, 11) is -1.10. The number of ether oxygens (including phenoxy) is 1. The maximum Gasteiger partial charge on any atom is 0.129 e. The molecule has 128 valence electrons. The molecule has 2 fully saturated rings. The lowest BCUT2D eigenvalue weighted by molar-refractivity contribution is 0.0172. The molecule has 3 rings (SSSR count). The van der Waals surface area contributed by atoms with Crippen molar-refractivity contribution in [2.45, 2.75) is 43.0 Å². The third-order valence-corrected chi connectivity index (χ3v) is 6.70. The standard InChI is InChI=1S/C17H25BrN2O2S/c18-15-6-8-17(9-7-15)23(21)20(16-4-2-1-3-5-16)14-19-10-12-22-13-11-19/h6-9,16H,1-5,10-14H2. The molecule has 23 heavy (non-hydrogen) atoms. The van der Waals surface area contributed by atoms with Crippen molar-refractivity contribution in [3.05, 3.63) is 28.7 Å². The lowest BCUT2D eigenvalue weighted by Crippen LogP contribution is -2.48. The zero-order chi connectivity index (χ0) is 16.1. The number of benzene rings is 1. The summed E-state index contributed by atoms with van der Waals surface area (Å²) in [5.74, 6) is 0. The normalized spacial score (nSPS) is 22.3. The molecule has 1 aliphatic heterocycles. The Kier molecular flexibility index (Phi) is 6.65. The molecule has 0 aromatic heterocycles. The van der Waals surface area contributed by atoms with Crippen LogP contribution in [0.15, 0.2) is 33.6 Å². The van der Waals surface area contributed by atoms with Crippen LogP contribution in [-0.4, -0.2) is 52.4 Å². The molecule has 0 N–H and O–H groups in total. The Balaban J connectivity index is 1.75. The summed E-state index contributed by atoms with van der Waals surface area (Å²) in [4.78, 5) is 3.27. The summed E-state index contributed by atoms with van der Waals surface area (Å²) in [6, 6.07) is 8.31. The van der Waals surface area contributed by atoms with Crippen LogP contribution in [0.4, 0.5) is 0 Å². The van der Waals surface area contributed by atoms with Crippen LogP contribution in [0.25, 0.3) is 0 Å². The Hall–Kier alpha value is -0.270. The lowest BCUT2D eigenvalue weighted by Gasteiger charge is -2.37. The molecule has 6 heteroatoms. The van der Waals surface area contributed by atoms with Crippen LogP contribution in [0.2, 0.25) is 0 Å². The lowest BCUT2D eigenvalue weighted by atomic mass is 9.96. The second-order valence-electron chi connectivity index (χ2n) is 6.28. The largest absolute Gasteiger partial charge is 0.379 e. The van der Waals surface area contributed by atoms with Gasteiger partial charge in [-0.05, 0) is 37.1 Å². The van der Waals surface area contributed by atoms with Crippen molar-refractivity contribution < 1.29 is 8.95 Å². The zero-order valence-corrected chi connectivity index (χ0v) is 15.9. The fraction of sp³-hybridized carbons (Fsp3) is 0.647. The highest BCUT2D eigenvalue weighted by atomic mass is 79.9. The summed E-state index contributed by atoms with van der Waals surface area (Å²) < 4.78 is 21.9. The molecule has 1 aliphatic carbocycles. The minimum absolute atomic E-state index is 0.427. The Morgan fingerprint density at radius 1 is 1.13 bits per heavy atom. The van der Waals surface area contributed by atoms with Crippen molar-refractivity contribution in [2.75, 3.05) is 33.0 Å². The Morgan fingerprint density at radius 2 is 1.78 bits per heavy atom. The first-order valence-corrected chi connectivity index (χ1v) is 10.4. The van der Waals surface area contributed by atoms with E-state index >= 15 is 0 Å². The van der Waals surface area contributed by atoms with Gasteiger partial charge in [0.1, 0.15) is 11.0 Å². The van der Waals surface area contributed by atoms with Gasteiger partial charge in [0.15, 0.2) is 0 Å². The fourth-order valence-corrected chi connectivity index (χ4v) is 4.95. The minimum atomic E-state index is -1.10. The Labute approximate surface area is 149 Å². The average Bonchev–Trinajstić information content (AvgIpc) is 2.61. The van der Waals surface area contributed by atoms with Crippen LogP contribution in [0.5, 0.6) is 0 Å². The van der Waals surface area contributed by atoms with E-state index in [-0.39, 0.29) is 0 Å². The Bertz CT molecular complexity index is 514. The van der Waals surface area contributed by atoms with Crippen molar-refractivity contribution in [3.8, 4) is 0 Å².